The Balaban J connectivity index is 3.07. The summed E-state index contributed by atoms with van der Waals surface area (Å²) < 4.78 is 0. The molecule has 0 unspecified atom stereocenters. The van der Waals surface area contributed by atoms with Crippen LogP contribution in [0.5, 0.6) is 0 Å². The van der Waals surface area contributed by atoms with E-state index in [-0.39, 0.29) is 0 Å². The molecule has 0 heterocycles. The van der Waals surface area contributed by atoms with Crippen LogP contribution in [-0.2, 0) is 4.79 Å². The Bertz CT molecular complexity index is 239. The zero-order valence-corrected chi connectivity index (χ0v) is 13.9. The number of hydrogen-bond acceptors (Lipinski definition) is 2. The zero-order chi connectivity index (χ0) is 14.9. The van der Waals surface area contributed by atoms with Crippen LogP contribution in [0.25, 0.3) is 0 Å². The van der Waals surface area contributed by atoms with E-state index in [2.05, 4.69) is 19.1 Å². The zero-order valence-electron chi connectivity index (χ0n) is 13.1. The Labute approximate surface area is 129 Å². The van der Waals surface area contributed by atoms with Gasteiger partial charge < -0.3 is 5.11 Å². The molecule has 0 rings (SSSR count). The van der Waals surface area contributed by atoms with Gasteiger partial charge in [0.2, 0.25) is 0 Å². The molecule has 0 bridgehead atoms. The highest BCUT2D eigenvalue weighted by atomic mass is 32.2. The predicted molar refractivity (Wildman–Crippen MR) is 90.6 cm³/mol. The Morgan fingerprint density at radius 2 is 1.50 bits per heavy atom. The van der Waals surface area contributed by atoms with Crippen LogP contribution in [0.3, 0.4) is 0 Å². The minimum Gasteiger partial charge on any atom is -0.481 e. The van der Waals surface area contributed by atoms with Gasteiger partial charge in [0, 0.05) is 5.75 Å². The van der Waals surface area contributed by atoms with Gasteiger partial charge in [-0.05, 0) is 37.9 Å². The number of unbranched alkanes of at least 4 members (excludes halogenated alkanes) is 8. The summed E-state index contributed by atoms with van der Waals surface area (Å²) in [6, 6.07) is 0. The second-order valence-corrected chi connectivity index (χ2v) is 6.50. The summed E-state index contributed by atoms with van der Waals surface area (Å²) in [5.41, 5.74) is 0. The summed E-state index contributed by atoms with van der Waals surface area (Å²) in [4.78, 5) is 10.3. The third kappa shape index (κ3) is 17.6. The van der Waals surface area contributed by atoms with Gasteiger partial charge in [-0.2, -0.15) is 11.8 Å². The van der Waals surface area contributed by atoms with Crippen LogP contribution in [-0.4, -0.2) is 22.6 Å². The average molecular weight is 301 g/mol. The van der Waals surface area contributed by atoms with Crippen molar-refractivity contribution in [3.63, 3.8) is 0 Å². The molecule has 0 aromatic carbocycles. The third-order valence-corrected chi connectivity index (χ3v) is 4.33. The van der Waals surface area contributed by atoms with Gasteiger partial charge in [-0.1, -0.05) is 51.2 Å². The monoisotopic (exact) mass is 300 g/mol. The van der Waals surface area contributed by atoms with Gasteiger partial charge in [-0.15, -0.1) is 0 Å². The number of allylic oxidation sites excluding steroid dienone is 2. The Hall–Kier alpha value is -0.440. The predicted octanol–water partition coefficient (Wildman–Crippen LogP) is 5.67. The lowest BCUT2D eigenvalue weighted by molar-refractivity contribution is -0.136. The van der Waals surface area contributed by atoms with Crippen molar-refractivity contribution in [3.05, 3.63) is 12.2 Å². The van der Waals surface area contributed by atoms with Crippen molar-refractivity contribution in [1.29, 1.82) is 0 Å². The fraction of sp³-hybridized carbons (Fsp3) is 0.824. The van der Waals surface area contributed by atoms with Crippen LogP contribution >= 0.6 is 11.8 Å². The molecule has 1 N–H and O–H groups in total. The van der Waals surface area contributed by atoms with Crippen molar-refractivity contribution in [2.45, 2.75) is 77.6 Å². The van der Waals surface area contributed by atoms with Gasteiger partial charge in [0.1, 0.15) is 0 Å². The number of rotatable bonds is 15. The first-order valence-electron chi connectivity index (χ1n) is 8.22. The lowest BCUT2D eigenvalue weighted by Gasteiger charge is -1.99. The van der Waals surface area contributed by atoms with Crippen LogP contribution < -0.4 is 0 Å². The maximum absolute atomic E-state index is 10.3. The number of carbonyl (C=O) groups is 1. The van der Waals surface area contributed by atoms with Crippen molar-refractivity contribution in [2.75, 3.05) is 11.5 Å². The first-order chi connectivity index (χ1) is 9.77. The summed E-state index contributed by atoms with van der Waals surface area (Å²) >= 11 is 1.76. The molecule has 0 aromatic heterocycles. The second-order valence-electron chi connectivity index (χ2n) is 5.28. The number of aliphatic carboxylic acids is 1. The van der Waals surface area contributed by atoms with Gasteiger partial charge in [0.05, 0.1) is 6.42 Å². The van der Waals surface area contributed by atoms with Crippen LogP contribution in [0.2, 0.25) is 0 Å². The molecule has 0 radical (unpaired) electrons. The van der Waals surface area contributed by atoms with Crippen LogP contribution in [0, 0.1) is 0 Å². The summed E-state index contributed by atoms with van der Waals surface area (Å²) in [5, 5.41) is 8.49. The molecule has 0 aliphatic carbocycles. The van der Waals surface area contributed by atoms with Gasteiger partial charge >= 0.3 is 5.97 Å². The molecular formula is C17H32O2S. The Morgan fingerprint density at radius 3 is 2.15 bits per heavy atom. The average Bonchev–Trinajstić information content (AvgIpc) is 2.43. The van der Waals surface area contributed by atoms with E-state index in [0.29, 0.717) is 6.42 Å². The highest BCUT2D eigenvalue weighted by molar-refractivity contribution is 7.99. The molecule has 0 atom stereocenters. The fourth-order valence-electron chi connectivity index (χ4n) is 2.01. The quantitative estimate of drug-likeness (QED) is 0.313. The summed E-state index contributed by atoms with van der Waals surface area (Å²) in [6.07, 6.45) is 18.0. The van der Waals surface area contributed by atoms with Gasteiger partial charge in [0.25, 0.3) is 0 Å². The number of carboxylic acids is 1. The van der Waals surface area contributed by atoms with E-state index >= 15 is 0 Å². The molecule has 2 nitrogen and oxygen atoms in total. The van der Waals surface area contributed by atoms with E-state index in [1.54, 1.807) is 11.8 Å². The number of thioether (sulfide) groups is 1. The fourth-order valence-corrected chi connectivity index (χ4v) is 2.94. The van der Waals surface area contributed by atoms with E-state index in [0.717, 1.165) is 11.5 Å². The molecular weight excluding hydrogens is 268 g/mol. The van der Waals surface area contributed by atoms with E-state index in [9.17, 15) is 4.79 Å². The lowest BCUT2D eigenvalue weighted by Crippen LogP contribution is -1.96. The van der Waals surface area contributed by atoms with Crippen molar-refractivity contribution in [1.82, 2.24) is 0 Å². The summed E-state index contributed by atoms with van der Waals surface area (Å²) in [5.74, 6) is 1.16. The van der Waals surface area contributed by atoms with Crippen LogP contribution in [0.4, 0.5) is 0 Å². The molecule has 3 heteroatoms. The standard InChI is InChI=1S/C17H32O2S/c1-2-3-4-5-6-7-8-9-10-11-12-13-15-20-16-14-17(18)19/h9-10H,2-8,11-16H2,1H3,(H,18,19). The summed E-state index contributed by atoms with van der Waals surface area (Å²) in [7, 11) is 0. The van der Waals surface area contributed by atoms with Crippen LogP contribution in [0.1, 0.15) is 77.6 Å². The number of hydrogen-bond donors (Lipinski definition) is 1. The van der Waals surface area contributed by atoms with E-state index < -0.39 is 5.97 Å². The van der Waals surface area contributed by atoms with E-state index in [1.165, 1.54) is 64.2 Å². The van der Waals surface area contributed by atoms with Crippen molar-refractivity contribution < 1.29 is 9.90 Å². The molecule has 0 aliphatic rings. The Kier molecular flexibility index (Phi) is 16.2. The van der Waals surface area contributed by atoms with Crippen molar-refractivity contribution in [2.24, 2.45) is 0 Å². The minimum absolute atomic E-state index is 0.294. The highest BCUT2D eigenvalue weighted by Gasteiger charge is 1.96. The maximum atomic E-state index is 10.3. The van der Waals surface area contributed by atoms with Crippen molar-refractivity contribution in [3.8, 4) is 0 Å². The normalized spacial score (nSPS) is 11.2. The maximum Gasteiger partial charge on any atom is 0.304 e. The van der Waals surface area contributed by atoms with Crippen molar-refractivity contribution >= 4 is 17.7 Å². The molecule has 0 aromatic rings. The van der Waals surface area contributed by atoms with Gasteiger partial charge in [-0.25, -0.2) is 0 Å². The first kappa shape index (κ1) is 19.6. The molecule has 118 valence electrons. The smallest absolute Gasteiger partial charge is 0.304 e. The van der Waals surface area contributed by atoms with E-state index in [4.69, 9.17) is 5.11 Å². The second kappa shape index (κ2) is 16.6. The first-order valence-corrected chi connectivity index (χ1v) is 9.37. The highest BCUT2D eigenvalue weighted by Crippen LogP contribution is 2.09. The molecule has 0 amide bonds. The summed E-state index contributed by atoms with van der Waals surface area (Å²) in [6.45, 7) is 2.26. The number of carboxylic acid groups (broad SMARTS) is 1. The molecule has 20 heavy (non-hydrogen) atoms. The molecule has 0 saturated heterocycles. The SMILES string of the molecule is CCCCCCCCC=CCCCCSCCC(=O)O. The molecule has 0 aliphatic heterocycles. The van der Waals surface area contributed by atoms with E-state index in [1.807, 2.05) is 0 Å². The lowest BCUT2D eigenvalue weighted by atomic mass is 10.1. The van der Waals surface area contributed by atoms with Gasteiger partial charge in [-0.3, -0.25) is 4.79 Å². The van der Waals surface area contributed by atoms with Gasteiger partial charge in [0.15, 0.2) is 0 Å². The minimum atomic E-state index is -0.685. The molecule has 0 saturated carbocycles. The third-order valence-electron chi connectivity index (χ3n) is 3.26. The molecule has 0 fully saturated rings. The van der Waals surface area contributed by atoms with Crippen LogP contribution in [0.15, 0.2) is 12.2 Å². The topological polar surface area (TPSA) is 37.3 Å². The largest absolute Gasteiger partial charge is 0.481 e. The molecule has 0 spiro atoms. The Morgan fingerprint density at radius 1 is 0.900 bits per heavy atom.